The number of carbonyl (C=O) groups excluding carboxylic acids is 1. The average Bonchev–Trinajstić information content (AvgIpc) is 2.21. The fourth-order valence-electron chi connectivity index (χ4n) is 0.742. The van der Waals surface area contributed by atoms with Crippen molar-refractivity contribution in [1.82, 2.24) is 0 Å². The summed E-state index contributed by atoms with van der Waals surface area (Å²) >= 11 is 0.00861. The number of aliphatic hydroxyl groups is 4. The Labute approximate surface area is 94.8 Å². The molecule has 0 rings (SSSR count). The largest absolute Gasteiger partial charge is 0.394 e. The third-order valence-corrected chi connectivity index (χ3v) is 3.76. The molecule has 0 saturated heterocycles. The van der Waals surface area contributed by atoms with Gasteiger partial charge in [-0.15, -0.1) is 0 Å². The van der Waals surface area contributed by atoms with Crippen molar-refractivity contribution >= 4 is 24.0 Å². The maximum atomic E-state index is 11.1. The molecule has 10 heteroatoms. The first-order valence-corrected chi connectivity index (χ1v) is 7.27. The van der Waals surface area contributed by atoms with Crippen LogP contribution in [0, 0.1) is 0 Å². The van der Waals surface area contributed by atoms with E-state index in [1.165, 1.54) is 0 Å². The van der Waals surface area contributed by atoms with Crippen LogP contribution in [-0.2, 0) is 9.36 Å². The summed E-state index contributed by atoms with van der Waals surface area (Å²) in [5, 5.41) is 35.6. The van der Waals surface area contributed by atoms with Gasteiger partial charge in [-0.1, -0.05) is 0 Å². The molecule has 0 aliphatic carbocycles. The summed E-state index contributed by atoms with van der Waals surface area (Å²) in [4.78, 5) is 27.9. The molecule has 0 aromatic heterocycles. The standard InChI is InChI=1S/C6H13O8PS/c7-1-3(8)5(10)6(11)4(9)2-16-15(12,13)14/h3,5-8,10-11H,1-2H2,(H2,12,13,14)/t3-,5?,6?/m0/s1. The Morgan fingerprint density at radius 2 is 1.75 bits per heavy atom. The van der Waals surface area contributed by atoms with Gasteiger partial charge in [0.2, 0.25) is 0 Å². The molecule has 3 atom stereocenters. The van der Waals surface area contributed by atoms with E-state index in [1.54, 1.807) is 0 Å². The Kier molecular flexibility index (Phi) is 6.68. The number of ketones is 1. The van der Waals surface area contributed by atoms with Crippen LogP contribution in [0.15, 0.2) is 0 Å². The summed E-state index contributed by atoms with van der Waals surface area (Å²) in [7, 11) is 0. The van der Waals surface area contributed by atoms with Gasteiger partial charge in [-0.25, -0.2) is 4.57 Å². The smallest absolute Gasteiger partial charge is 0.384 e. The molecule has 8 nitrogen and oxygen atoms in total. The predicted octanol–water partition coefficient (Wildman–Crippen LogP) is -2.54. The molecule has 0 aliphatic heterocycles. The molecule has 0 spiro atoms. The SMILES string of the molecule is O=C(CSP(=O)(O)O)C(O)C(O)[C@@H](O)CO. The van der Waals surface area contributed by atoms with Crippen LogP contribution in [-0.4, -0.2) is 66.7 Å². The average molecular weight is 276 g/mol. The molecule has 0 radical (unpaired) electrons. The first-order valence-electron chi connectivity index (χ1n) is 4.07. The summed E-state index contributed by atoms with van der Waals surface area (Å²) in [5.74, 6) is -1.76. The van der Waals surface area contributed by atoms with Crippen LogP contribution in [0.4, 0.5) is 0 Å². The van der Waals surface area contributed by atoms with Crippen LogP contribution in [0.1, 0.15) is 0 Å². The van der Waals surface area contributed by atoms with Gasteiger partial charge < -0.3 is 30.2 Å². The Balaban J connectivity index is 4.23. The first kappa shape index (κ1) is 16.0. The molecule has 0 aromatic carbocycles. The highest BCUT2D eigenvalue weighted by Crippen LogP contribution is 2.49. The third-order valence-electron chi connectivity index (χ3n) is 1.61. The quantitative estimate of drug-likeness (QED) is 0.276. The van der Waals surface area contributed by atoms with E-state index in [0.717, 1.165) is 0 Å². The van der Waals surface area contributed by atoms with E-state index >= 15 is 0 Å². The minimum Gasteiger partial charge on any atom is -0.394 e. The summed E-state index contributed by atoms with van der Waals surface area (Å²) in [6.45, 7) is -5.28. The first-order chi connectivity index (χ1) is 7.19. The lowest BCUT2D eigenvalue weighted by Crippen LogP contribution is -2.44. The van der Waals surface area contributed by atoms with E-state index in [9.17, 15) is 9.36 Å². The van der Waals surface area contributed by atoms with Gasteiger partial charge >= 0.3 is 6.80 Å². The molecular weight excluding hydrogens is 263 g/mol. The van der Waals surface area contributed by atoms with Crippen LogP contribution in [0.5, 0.6) is 0 Å². The van der Waals surface area contributed by atoms with E-state index < -0.39 is 43.3 Å². The second-order valence-electron chi connectivity index (χ2n) is 2.92. The molecule has 0 bridgehead atoms. The zero-order chi connectivity index (χ0) is 12.9. The Morgan fingerprint density at radius 3 is 2.12 bits per heavy atom. The van der Waals surface area contributed by atoms with Crippen LogP contribution < -0.4 is 0 Å². The highest BCUT2D eigenvalue weighted by atomic mass is 32.7. The lowest BCUT2D eigenvalue weighted by Gasteiger charge is -2.20. The fourth-order valence-corrected chi connectivity index (χ4v) is 2.09. The number of hydrogen-bond acceptors (Lipinski definition) is 7. The molecule has 0 amide bonds. The number of aliphatic hydroxyl groups excluding tert-OH is 4. The molecule has 2 unspecified atom stereocenters. The van der Waals surface area contributed by atoms with E-state index in [1.807, 2.05) is 0 Å². The molecule has 6 N–H and O–H groups in total. The maximum absolute atomic E-state index is 11.1. The highest BCUT2D eigenvalue weighted by molar-refractivity contribution is 8.54. The van der Waals surface area contributed by atoms with Crippen LogP contribution >= 0.6 is 18.2 Å². The predicted molar refractivity (Wildman–Crippen MR) is 54.6 cm³/mol. The van der Waals surface area contributed by atoms with Crippen LogP contribution in [0.25, 0.3) is 0 Å². The fraction of sp³-hybridized carbons (Fsp3) is 0.833. The summed E-state index contributed by atoms with van der Waals surface area (Å²) in [5.41, 5.74) is 0. The van der Waals surface area contributed by atoms with Gasteiger partial charge in [0.15, 0.2) is 5.78 Å². The molecule has 16 heavy (non-hydrogen) atoms. The number of carbonyl (C=O) groups is 1. The van der Waals surface area contributed by atoms with Gasteiger partial charge in [-0.05, 0) is 11.4 Å². The Bertz CT molecular complexity index is 278. The molecular formula is C6H13O8PS. The van der Waals surface area contributed by atoms with Crippen LogP contribution in [0.2, 0.25) is 0 Å². The minimum absolute atomic E-state index is 0.00861. The normalized spacial score (nSPS) is 17.9. The van der Waals surface area contributed by atoms with E-state index in [-0.39, 0.29) is 11.4 Å². The van der Waals surface area contributed by atoms with Crippen molar-refractivity contribution in [3.8, 4) is 0 Å². The maximum Gasteiger partial charge on any atom is 0.384 e. The summed E-state index contributed by atoms with van der Waals surface area (Å²) in [6, 6.07) is 0. The van der Waals surface area contributed by atoms with Gasteiger partial charge in [-0.2, -0.15) is 0 Å². The second-order valence-corrected chi connectivity index (χ2v) is 6.65. The van der Waals surface area contributed by atoms with Crippen molar-refractivity contribution in [3.05, 3.63) is 0 Å². The number of rotatable bonds is 7. The van der Waals surface area contributed by atoms with Crippen molar-refractivity contribution in [2.24, 2.45) is 0 Å². The van der Waals surface area contributed by atoms with Gasteiger partial charge in [-0.3, -0.25) is 4.79 Å². The zero-order valence-corrected chi connectivity index (χ0v) is 9.71. The molecule has 96 valence electrons. The third kappa shape index (κ3) is 5.92. The van der Waals surface area contributed by atoms with E-state index in [0.29, 0.717) is 0 Å². The van der Waals surface area contributed by atoms with Crippen molar-refractivity contribution in [1.29, 1.82) is 0 Å². The van der Waals surface area contributed by atoms with Gasteiger partial charge in [0, 0.05) is 0 Å². The molecule has 0 aromatic rings. The van der Waals surface area contributed by atoms with Gasteiger partial charge in [0.1, 0.15) is 18.3 Å². The van der Waals surface area contributed by atoms with Crippen molar-refractivity contribution < 1.29 is 39.6 Å². The summed E-state index contributed by atoms with van der Waals surface area (Å²) < 4.78 is 10.4. The monoisotopic (exact) mass is 276 g/mol. The van der Waals surface area contributed by atoms with Gasteiger partial charge in [0.05, 0.1) is 12.4 Å². The Morgan fingerprint density at radius 1 is 1.25 bits per heavy atom. The minimum atomic E-state index is -4.43. The Hall–Kier alpha value is 0.01000. The van der Waals surface area contributed by atoms with Crippen molar-refractivity contribution in [3.63, 3.8) is 0 Å². The van der Waals surface area contributed by atoms with Crippen molar-refractivity contribution in [2.75, 3.05) is 12.4 Å². The summed E-state index contributed by atoms with van der Waals surface area (Å²) in [6.07, 6.45) is -5.59. The number of Topliss-reactive ketones (excluding diaryl/α,β-unsaturated/α-hetero) is 1. The lowest BCUT2D eigenvalue weighted by molar-refractivity contribution is -0.137. The van der Waals surface area contributed by atoms with E-state index in [4.69, 9.17) is 30.2 Å². The van der Waals surface area contributed by atoms with Crippen LogP contribution in [0.3, 0.4) is 0 Å². The second kappa shape index (κ2) is 6.67. The van der Waals surface area contributed by atoms with Crippen molar-refractivity contribution in [2.45, 2.75) is 18.3 Å². The lowest BCUT2D eigenvalue weighted by atomic mass is 10.1. The van der Waals surface area contributed by atoms with E-state index in [2.05, 4.69) is 0 Å². The molecule has 0 heterocycles. The topological polar surface area (TPSA) is 156 Å². The zero-order valence-electron chi connectivity index (χ0n) is 8.00. The van der Waals surface area contributed by atoms with Gasteiger partial charge in [0.25, 0.3) is 0 Å². The molecule has 0 saturated carbocycles. The number of hydrogen-bond donors (Lipinski definition) is 6. The molecule has 0 fully saturated rings. The molecule has 0 aliphatic rings. The highest BCUT2D eigenvalue weighted by Gasteiger charge is 2.30.